The number of nitrogens with zero attached hydrogens (tertiary/aromatic N) is 4. The average molecular weight is 168 g/mol. The third kappa shape index (κ3) is 1.57. The molecule has 1 aliphatic rings. The van der Waals surface area contributed by atoms with Crippen molar-refractivity contribution >= 4 is 12.2 Å². The number of hydrogen-bond donors (Lipinski definition) is 0. The lowest BCUT2D eigenvalue weighted by Gasteiger charge is -2.17. The van der Waals surface area contributed by atoms with E-state index in [-0.39, 0.29) is 0 Å². The Bertz CT molecular complexity index is 197. The molecule has 0 amide bonds. The number of guanidine groups is 1. The number of hydrazone groups is 1. The molecular formula is C8H16N4. The minimum atomic E-state index is 0.949. The van der Waals surface area contributed by atoms with Crippen LogP contribution in [0.5, 0.6) is 0 Å². The molecule has 1 heterocycles. The molecule has 0 aromatic carbocycles. The van der Waals surface area contributed by atoms with Crippen LogP contribution in [0.2, 0.25) is 0 Å². The Morgan fingerprint density at radius 2 is 2.25 bits per heavy atom. The summed E-state index contributed by atoms with van der Waals surface area (Å²) in [7, 11) is 1.81. The quantitative estimate of drug-likeness (QED) is 0.566. The molecule has 0 N–H and O–H groups in total. The zero-order chi connectivity index (χ0) is 8.97. The van der Waals surface area contributed by atoms with Crippen molar-refractivity contribution in [1.82, 2.24) is 9.91 Å². The van der Waals surface area contributed by atoms with Gasteiger partial charge in [0.05, 0.1) is 6.54 Å². The van der Waals surface area contributed by atoms with Crippen LogP contribution in [0.25, 0.3) is 0 Å². The van der Waals surface area contributed by atoms with Crippen molar-refractivity contribution in [3.8, 4) is 0 Å². The van der Waals surface area contributed by atoms with Gasteiger partial charge in [-0.1, -0.05) is 0 Å². The van der Waals surface area contributed by atoms with Gasteiger partial charge in [0.25, 0.3) is 0 Å². The molecule has 0 spiro atoms. The Labute approximate surface area is 73.6 Å². The summed E-state index contributed by atoms with van der Waals surface area (Å²) in [5.74, 6) is 0.982. The van der Waals surface area contributed by atoms with Crippen LogP contribution in [-0.2, 0) is 0 Å². The van der Waals surface area contributed by atoms with E-state index in [2.05, 4.69) is 21.9 Å². The highest BCUT2D eigenvalue weighted by atomic mass is 15.6. The first-order valence-electron chi connectivity index (χ1n) is 4.31. The largest absolute Gasteiger partial charge is 0.340 e. The minimum absolute atomic E-state index is 0.949. The van der Waals surface area contributed by atoms with Crippen molar-refractivity contribution in [1.29, 1.82) is 0 Å². The van der Waals surface area contributed by atoms with Crippen LogP contribution in [0.4, 0.5) is 0 Å². The first kappa shape index (κ1) is 9.03. The van der Waals surface area contributed by atoms with Crippen molar-refractivity contribution < 1.29 is 0 Å². The molecule has 0 atom stereocenters. The van der Waals surface area contributed by atoms with Crippen LogP contribution < -0.4 is 0 Å². The van der Waals surface area contributed by atoms with Crippen LogP contribution >= 0.6 is 0 Å². The Kier molecular flexibility index (Phi) is 3.08. The van der Waals surface area contributed by atoms with E-state index in [1.165, 1.54) is 0 Å². The van der Waals surface area contributed by atoms with Gasteiger partial charge in [-0.05, 0) is 13.8 Å². The molecule has 0 aromatic heterocycles. The highest BCUT2D eigenvalue weighted by Crippen LogP contribution is 2.07. The first-order valence-corrected chi connectivity index (χ1v) is 4.31. The maximum absolute atomic E-state index is 4.21. The lowest BCUT2D eigenvalue weighted by Crippen LogP contribution is -2.30. The van der Waals surface area contributed by atoms with Gasteiger partial charge in [0.15, 0.2) is 0 Å². The third-order valence-corrected chi connectivity index (χ3v) is 1.93. The summed E-state index contributed by atoms with van der Waals surface area (Å²) in [6, 6.07) is 0. The fourth-order valence-electron chi connectivity index (χ4n) is 1.38. The van der Waals surface area contributed by atoms with Gasteiger partial charge in [-0.25, -0.2) is 5.01 Å². The molecule has 1 saturated heterocycles. The van der Waals surface area contributed by atoms with Gasteiger partial charge in [0, 0.05) is 26.4 Å². The van der Waals surface area contributed by atoms with Crippen molar-refractivity contribution in [2.45, 2.75) is 13.8 Å². The molecular weight excluding hydrogens is 152 g/mol. The van der Waals surface area contributed by atoms with Gasteiger partial charge >= 0.3 is 0 Å². The second-order valence-electron chi connectivity index (χ2n) is 2.60. The summed E-state index contributed by atoms with van der Waals surface area (Å²) in [6.07, 6.45) is 1.80. The first-order chi connectivity index (χ1) is 5.83. The SMILES string of the molecule is C/C=N/N1CCN(CC)C1=NC. The Morgan fingerprint density at radius 3 is 2.75 bits per heavy atom. The maximum Gasteiger partial charge on any atom is 0.217 e. The molecule has 4 heteroatoms. The average Bonchev–Trinajstić information content (AvgIpc) is 2.47. The van der Waals surface area contributed by atoms with E-state index in [4.69, 9.17) is 0 Å². The standard InChI is InChI=1S/C8H16N4/c1-4-10-12-7-6-11(5-2)8(12)9-3/h4H,5-7H2,1-3H3/b9-8?,10-4+. The lowest BCUT2D eigenvalue weighted by molar-refractivity contribution is 0.488. The molecule has 0 aliphatic carbocycles. The van der Waals surface area contributed by atoms with Crippen molar-refractivity contribution in [2.75, 3.05) is 26.7 Å². The van der Waals surface area contributed by atoms with Gasteiger partial charge in [-0.2, -0.15) is 5.10 Å². The van der Waals surface area contributed by atoms with E-state index >= 15 is 0 Å². The summed E-state index contributed by atoms with van der Waals surface area (Å²) in [6.45, 7) is 7.03. The molecule has 1 aliphatic heterocycles. The number of likely N-dealkylation sites (N-methyl/N-ethyl adjacent to an activating group) is 1. The predicted octanol–water partition coefficient (Wildman–Crippen LogP) is 0.615. The summed E-state index contributed by atoms with van der Waals surface area (Å²) in [4.78, 5) is 6.41. The fraction of sp³-hybridized carbons (Fsp3) is 0.750. The fourth-order valence-corrected chi connectivity index (χ4v) is 1.38. The van der Waals surface area contributed by atoms with Crippen molar-refractivity contribution in [3.63, 3.8) is 0 Å². The molecule has 0 unspecified atom stereocenters. The Hall–Kier alpha value is -1.06. The van der Waals surface area contributed by atoms with Crippen LogP contribution in [0, 0.1) is 0 Å². The lowest BCUT2D eigenvalue weighted by atomic mass is 10.6. The number of hydrogen-bond acceptors (Lipinski definition) is 2. The smallest absolute Gasteiger partial charge is 0.217 e. The normalized spacial score (nSPS) is 21.8. The van der Waals surface area contributed by atoms with E-state index in [9.17, 15) is 0 Å². The van der Waals surface area contributed by atoms with Gasteiger partial charge < -0.3 is 4.90 Å². The molecule has 0 radical (unpaired) electrons. The van der Waals surface area contributed by atoms with Crippen molar-refractivity contribution in [3.05, 3.63) is 0 Å². The second kappa shape index (κ2) is 4.09. The molecule has 12 heavy (non-hydrogen) atoms. The molecule has 4 nitrogen and oxygen atoms in total. The molecule has 68 valence electrons. The zero-order valence-electron chi connectivity index (χ0n) is 7.99. The van der Waals surface area contributed by atoms with Gasteiger partial charge in [-0.3, -0.25) is 4.99 Å². The summed E-state index contributed by atoms with van der Waals surface area (Å²) < 4.78 is 0. The highest BCUT2D eigenvalue weighted by Gasteiger charge is 2.23. The second-order valence-corrected chi connectivity index (χ2v) is 2.60. The van der Waals surface area contributed by atoms with Gasteiger partial charge in [-0.15, -0.1) is 0 Å². The summed E-state index contributed by atoms with van der Waals surface area (Å²) in [5, 5.41) is 6.14. The van der Waals surface area contributed by atoms with Crippen LogP contribution in [0.1, 0.15) is 13.8 Å². The van der Waals surface area contributed by atoms with Crippen LogP contribution in [0.3, 0.4) is 0 Å². The molecule has 1 fully saturated rings. The summed E-state index contributed by atoms with van der Waals surface area (Å²) >= 11 is 0. The molecule has 0 saturated carbocycles. The number of aliphatic imine (C=N–C) groups is 1. The number of rotatable bonds is 2. The Morgan fingerprint density at radius 1 is 1.50 bits per heavy atom. The zero-order valence-corrected chi connectivity index (χ0v) is 7.99. The van der Waals surface area contributed by atoms with Gasteiger partial charge in [0.2, 0.25) is 5.96 Å². The van der Waals surface area contributed by atoms with E-state index in [1.54, 1.807) is 6.21 Å². The third-order valence-electron chi connectivity index (χ3n) is 1.93. The molecule has 1 rings (SSSR count). The van der Waals surface area contributed by atoms with Gasteiger partial charge in [0.1, 0.15) is 0 Å². The molecule has 0 bridgehead atoms. The van der Waals surface area contributed by atoms with E-state index < -0.39 is 0 Å². The monoisotopic (exact) mass is 168 g/mol. The highest BCUT2D eigenvalue weighted by molar-refractivity contribution is 5.82. The van der Waals surface area contributed by atoms with E-state index in [1.807, 2.05) is 19.0 Å². The predicted molar refractivity (Wildman–Crippen MR) is 51.5 cm³/mol. The van der Waals surface area contributed by atoms with Crippen LogP contribution in [0.15, 0.2) is 10.1 Å². The maximum atomic E-state index is 4.21. The van der Waals surface area contributed by atoms with E-state index in [0.29, 0.717) is 0 Å². The topological polar surface area (TPSA) is 31.2 Å². The van der Waals surface area contributed by atoms with E-state index in [0.717, 1.165) is 25.6 Å². The Balaban J connectivity index is 2.69. The minimum Gasteiger partial charge on any atom is -0.340 e. The summed E-state index contributed by atoms with van der Waals surface area (Å²) in [5.41, 5.74) is 0. The van der Waals surface area contributed by atoms with Crippen molar-refractivity contribution in [2.24, 2.45) is 10.1 Å². The van der Waals surface area contributed by atoms with Crippen LogP contribution in [-0.4, -0.2) is 48.8 Å². The molecule has 0 aromatic rings.